The highest BCUT2D eigenvalue weighted by Crippen LogP contribution is 2.25. The summed E-state index contributed by atoms with van der Waals surface area (Å²) in [6.45, 7) is 18.0. The number of likely N-dealkylation sites (tertiary alicyclic amines) is 1. The van der Waals surface area contributed by atoms with Gasteiger partial charge in [-0.15, -0.1) is 0 Å². The Morgan fingerprint density at radius 3 is 2.45 bits per heavy atom. The highest BCUT2D eigenvalue weighted by atomic mass is 15.3. The number of piperazine rings is 1. The third-order valence-electron chi connectivity index (χ3n) is 5.39. The monoisotopic (exact) mass is 281 g/mol. The van der Waals surface area contributed by atoms with Crippen molar-refractivity contribution in [2.75, 3.05) is 32.7 Å². The van der Waals surface area contributed by atoms with Gasteiger partial charge in [0.1, 0.15) is 0 Å². The van der Waals surface area contributed by atoms with E-state index in [-0.39, 0.29) is 0 Å². The topological polar surface area (TPSA) is 18.5 Å². The zero-order valence-electron chi connectivity index (χ0n) is 14.2. The molecule has 3 unspecified atom stereocenters. The van der Waals surface area contributed by atoms with E-state index in [0.29, 0.717) is 12.1 Å². The molecule has 3 heteroatoms. The van der Waals surface area contributed by atoms with E-state index < -0.39 is 0 Å². The fourth-order valence-electron chi connectivity index (χ4n) is 3.89. The van der Waals surface area contributed by atoms with E-state index in [2.05, 4.69) is 49.7 Å². The molecule has 3 nitrogen and oxygen atoms in total. The first-order chi connectivity index (χ1) is 9.52. The standard InChI is InChI=1S/C17H35N3/c1-6-19-9-7-8-15(11-19)20-12-16(13(2)3)18-10-17(20)14(4)5/h13-18H,6-12H2,1-5H3. The van der Waals surface area contributed by atoms with Crippen LogP contribution in [0.1, 0.15) is 47.5 Å². The minimum Gasteiger partial charge on any atom is -0.311 e. The van der Waals surface area contributed by atoms with Crippen molar-refractivity contribution in [3.8, 4) is 0 Å². The van der Waals surface area contributed by atoms with Gasteiger partial charge < -0.3 is 10.2 Å². The van der Waals surface area contributed by atoms with Crippen molar-refractivity contribution in [3.63, 3.8) is 0 Å². The maximum atomic E-state index is 3.79. The van der Waals surface area contributed by atoms with Crippen LogP contribution in [0.4, 0.5) is 0 Å². The van der Waals surface area contributed by atoms with Crippen molar-refractivity contribution in [1.82, 2.24) is 15.1 Å². The predicted octanol–water partition coefficient (Wildman–Crippen LogP) is 2.43. The van der Waals surface area contributed by atoms with Crippen LogP contribution >= 0.6 is 0 Å². The second-order valence-corrected chi connectivity index (χ2v) is 7.46. The van der Waals surface area contributed by atoms with E-state index in [9.17, 15) is 0 Å². The number of piperidine rings is 1. The Morgan fingerprint density at radius 1 is 1.10 bits per heavy atom. The lowest BCUT2D eigenvalue weighted by atomic mass is 9.90. The average molecular weight is 281 g/mol. The SMILES string of the molecule is CCN1CCCC(N2CC(C(C)C)NCC2C(C)C)C1. The van der Waals surface area contributed by atoms with Crippen LogP contribution in [0.5, 0.6) is 0 Å². The summed E-state index contributed by atoms with van der Waals surface area (Å²) >= 11 is 0. The Labute approximate surface area is 126 Å². The number of nitrogens with one attached hydrogen (secondary N) is 1. The first-order valence-electron chi connectivity index (χ1n) is 8.74. The number of hydrogen-bond acceptors (Lipinski definition) is 3. The van der Waals surface area contributed by atoms with Crippen molar-refractivity contribution in [3.05, 3.63) is 0 Å². The Hall–Kier alpha value is -0.120. The maximum Gasteiger partial charge on any atom is 0.0247 e. The molecule has 2 aliphatic rings. The van der Waals surface area contributed by atoms with Crippen LogP contribution in [-0.4, -0.2) is 60.6 Å². The summed E-state index contributed by atoms with van der Waals surface area (Å²) in [5.41, 5.74) is 0. The lowest BCUT2D eigenvalue weighted by molar-refractivity contribution is 0.0123. The molecule has 20 heavy (non-hydrogen) atoms. The van der Waals surface area contributed by atoms with Crippen LogP contribution in [0, 0.1) is 11.8 Å². The number of hydrogen-bond donors (Lipinski definition) is 1. The Bertz CT molecular complexity index is 290. The summed E-state index contributed by atoms with van der Waals surface area (Å²) in [5, 5.41) is 3.79. The highest BCUT2D eigenvalue weighted by Gasteiger charge is 2.36. The molecule has 2 aliphatic heterocycles. The summed E-state index contributed by atoms with van der Waals surface area (Å²) in [6, 6.07) is 2.16. The molecule has 0 bridgehead atoms. The predicted molar refractivity (Wildman–Crippen MR) is 87.1 cm³/mol. The van der Waals surface area contributed by atoms with Gasteiger partial charge in [-0.05, 0) is 37.8 Å². The van der Waals surface area contributed by atoms with Gasteiger partial charge in [0.05, 0.1) is 0 Å². The third kappa shape index (κ3) is 3.75. The molecule has 1 N–H and O–H groups in total. The lowest BCUT2D eigenvalue weighted by Gasteiger charge is -2.49. The summed E-state index contributed by atoms with van der Waals surface area (Å²) < 4.78 is 0. The minimum absolute atomic E-state index is 0.669. The first-order valence-corrected chi connectivity index (χ1v) is 8.74. The van der Waals surface area contributed by atoms with Gasteiger partial charge in [0, 0.05) is 37.8 Å². The molecule has 0 aromatic heterocycles. The van der Waals surface area contributed by atoms with Crippen LogP contribution in [-0.2, 0) is 0 Å². The van der Waals surface area contributed by atoms with E-state index in [1.165, 1.54) is 45.6 Å². The molecule has 0 spiro atoms. The van der Waals surface area contributed by atoms with Crippen LogP contribution in [0.2, 0.25) is 0 Å². The molecular weight excluding hydrogens is 246 g/mol. The molecule has 0 amide bonds. The zero-order chi connectivity index (χ0) is 14.7. The Morgan fingerprint density at radius 2 is 1.85 bits per heavy atom. The van der Waals surface area contributed by atoms with Crippen LogP contribution in [0.25, 0.3) is 0 Å². The molecule has 0 radical (unpaired) electrons. The summed E-state index contributed by atoms with van der Waals surface area (Å²) in [6.07, 6.45) is 2.77. The molecule has 0 saturated carbocycles. The molecule has 118 valence electrons. The fourth-order valence-corrected chi connectivity index (χ4v) is 3.89. The number of rotatable bonds is 4. The van der Waals surface area contributed by atoms with Gasteiger partial charge >= 0.3 is 0 Å². The number of likely N-dealkylation sites (N-methyl/N-ethyl adjacent to an activating group) is 1. The summed E-state index contributed by atoms with van der Waals surface area (Å²) in [7, 11) is 0. The molecule has 0 aromatic carbocycles. The quantitative estimate of drug-likeness (QED) is 0.854. The smallest absolute Gasteiger partial charge is 0.0247 e. The van der Waals surface area contributed by atoms with E-state index in [0.717, 1.165) is 17.9 Å². The molecule has 2 heterocycles. The highest BCUT2D eigenvalue weighted by molar-refractivity contribution is 4.94. The first kappa shape index (κ1) is 16.3. The molecule has 0 aliphatic carbocycles. The van der Waals surface area contributed by atoms with E-state index >= 15 is 0 Å². The van der Waals surface area contributed by atoms with E-state index in [1.54, 1.807) is 0 Å². The second kappa shape index (κ2) is 7.24. The van der Waals surface area contributed by atoms with Crippen molar-refractivity contribution in [2.24, 2.45) is 11.8 Å². The lowest BCUT2D eigenvalue weighted by Crippen LogP contribution is -2.64. The van der Waals surface area contributed by atoms with Crippen LogP contribution in [0.15, 0.2) is 0 Å². The summed E-state index contributed by atoms with van der Waals surface area (Å²) in [5.74, 6) is 1.48. The van der Waals surface area contributed by atoms with Gasteiger partial charge in [-0.2, -0.15) is 0 Å². The Balaban J connectivity index is 2.06. The zero-order valence-corrected chi connectivity index (χ0v) is 14.2. The van der Waals surface area contributed by atoms with E-state index in [1.807, 2.05) is 0 Å². The molecule has 2 fully saturated rings. The van der Waals surface area contributed by atoms with Crippen molar-refractivity contribution < 1.29 is 0 Å². The average Bonchev–Trinajstić information content (AvgIpc) is 2.46. The second-order valence-electron chi connectivity index (χ2n) is 7.46. The van der Waals surface area contributed by atoms with Crippen molar-refractivity contribution in [1.29, 1.82) is 0 Å². The number of nitrogens with zero attached hydrogens (tertiary/aromatic N) is 2. The van der Waals surface area contributed by atoms with Crippen LogP contribution < -0.4 is 5.32 Å². The third-order valence-corrected chi connectivity index (χ3v) is 5.39. The normalized spacial score (nSPS) is 34.0. The van der Waals surface area contributed by atoms with Gasteiger partial charge in [-0.25, -0.2) is 0 Å². The molecule has 2 saturated heterocycles. The summed E-state index contributed by atoms with van der Waals surface area (Å²) in [4.78, 5) is 5.49. The molecule has 0 aromatic rings. The van der Waals surface area contributed by atoms with Gasteiger partial charge in [-0.3, -0.25) is 4.90 Å². The van der Waals surface area contributed by atoms with Crippen LogP contribution in [0.3, 0.4) is 0 Å². The minimum atomic E-state index is 0.669. The van der Waals surface area contributed by atoms with E-state index in [4.69, 9.17) is 0 Å². The van der Waals surface area contributed by atoms with Gasteiger partial charge in [-0.1, -0.05) is 34.6 Å². The Kier molecular flexibility index (Phi) is 5.88. The van der Waals surface area contributed by atoms with Crippen molar-refractivity contribution in [2.45, 2.75) is 65.6 Å². The van der Waals surface area contributed by atoms with Gasteiger partial charge in [0.25, 0.3) is 0 Å². The van der Waals surface area contributed by atoms with Gasteiger partial charge in [0.2, 0.25) is 0 Å². The van der Waals surface area contributed by atoms with Gasteiger partial charge in [0.15, 0.2) is 0 Å². The largest absolute Gasteiger partial charge is 0.311 e. The molecule has 2 rings (SSSR count). The molecular formula is C17H35N3. The fraction of sp³-hybridized carbons (Fsp3) is 1.00. The maximum absolute atomic E-state index is 3.79. The molecule has 3 atom stereocenters. The van der Waals surface area contributed by atoms with Crippen molar-refractivity contribution >= 4 is 0 Å².